The summed E-state index contributed by atoms with van der Waals surface area (Å²) in [6.07, 6.45) is 0. The lowest BCUT2D eigenvalue weighted by molar-refractivity contribution is 0.0921. The molecule has 0 heterocycles. The van der Waals surface area contributed by atoms with Crippen LogP contribution in [0.4, 0.5) is 4.39 Å². The molecule has 0 saturated carbocycles. The fourth-order valence-corrected chi connectivity index (χ4v) is 1.66. The predicted octanol–water partition coefficient (Wildman–Crippen LogP) is 3.85. The summed E-state index contributed by atoms with van der Waals surface area (Å²) in [7, 11) is 0. The van der Waals surface area contributed by atoms with E-state index < -0.39 is 0 Å². The second kappa shape index (κ2) is 5.78. The van der Waals surface area contributed by atoms with Crippen molar-refractivity contribution in [2.45, 2.75) is 0 Å². The Hall–Kier alpha value is -1.68. The summed E-state index contributed by atoms with van der Waals surface area (Å²) >= 11 is 3.31. The second-order valence-corrected chi connectivity index (χ2v) is 4.59. The number of rotatable bonds is 4. The van der Waals surface area contributed by atoms with Crippen LogP contribution in [0.2, 0.25) is 0 Å². The second-order valence-electron chi connectivity index (χ2n) is 3.67. The topological polar surface area (TPSA) is 26.3 Å². The molecule has 0 saturated heterocycles. The molecule has 18 heavy (non-hydrogen) atoms. The lowest BCUT2D eigenvalue weighted by atomic mass is 10.1. The van der Waals surface area contributed by atoms with Crippen LogP contribution in [-0.4, -0.2) is 12.4 Å². The molecule has 0 aromatic heterocycles. The van der Waals surface area contributed by atoms with Crippen molar-refractivity contribution in [3.63, 3.8) is 0 Å². The fraction of sp³-hybridized carbons (Fsp3) is 0.0714. The number of Topliss-reactive ketones (excluding diaryl/α,β-unsaturated/α-hetero) is 1. The number of ketones is 1. The van der Waals surface area contributed by atoms with E-state index in [0.717, 1.165) is 4.47 Å². The monoisotopic (exact) mass is 308 g/mol. The van der Waals surface area contributed by atoms with Gasteiger partial charge in [-0.15, -0.1) is 0 Å². The van der Waals surface area contributed by atoms with Gasteiger partial charge in [0.25, 0.3) is 0 Å². The highest BCUT2D eigenvalue weighted by Gasteiger charge is 2.06. The molecular formula is C14H10BrFO2. The molecule has 0 unspecified atom stereocenters. The van der Waals surface area contributed by atoms with Gasteiger partial charge in [-0.05, 0) is 48.5 Å². The number of ether oxygens (including phenoxy) is 1. The molecule has 2 rings (SSSR count). The first kappa shape index (κ1) is 12.8. The molecule has 0 amide bonds. The number of hydrogen-bond acceptors (Lipinski definition) is 2. The van der Waals surface area contributed by atoms with Gasteiger partial charge in [0.1, 0.15) is 11.6 Å². The normalized spacial score (nSPS) is 10.1. The molecule has 0 aliphatic heterocycles. The SMILES string of the molecule is O=C(COc1ccc(Br)cc1)c1ccc(F)cc1. The van der Waals surface area contributed by atoms with Gasteiger partial charge in [-0.3, -0.25) is 4.79 Å². The van der Waals surface area contributed by atoms with E-state index in [1.54, 1.807) is 12.1 Å². The van der Waals surface area contributed by atoms with E-state index >= 15 is 0 Å². The first-order valence-electron chi connectivity index (χ1n) is 5.32. The van der Waals surface area contributed by atoms with Crippen LogP contribution in [-0.2, 0) is 0 Å². The maximum Gasteiger partial charge on any atom is 0.200 e. The van der Waals surface area contributed by atoms with Crippen molar-refractivity contribution in [3.05, 3.63) is 64.4 Å². The van der Waals surface area contributed by atoms with E-state index in [4.69, 9.17) is 4.74 Å². The van der Waals surface area contributed by atoms with Crippen molar-refractivity contribution in [2.75, 3.05) is 6.61 Å². The Morgan fingerprint density at radius 3 is 2.28 bits per heavy atom. The number of carbonyl (C=O) groups excluding carboxylic acids is 1. The summed E-state index contributed by atoms with van der Waals surface area (Å²) in [5.74, 6) is 0.0759. The first-order chi connectivity index (χ1) is 8.65. The summed E-state index contributed by atoms with van der Waals surface area (Å²) in [5, 5.41) is 0. The number of halogens is 2. The van der Waals surface area contributed by atoms with Crippen molar-refractivity contribution in [2.24, 2.45) is 0 Å². The van der Waals surface area contributed by atoms with Crippen LogP contribution in [0.1, 0.15) is 10.4 Å². The zero-order chi connectivity index (χ0) is 13.0. The van der Waals surface area contributed by atoms with Gasteiger partial charge in [0.15, 0.2) is 12.4 Å². The Labute approximate surface area is 113 Å². The minimum absolute atomic E-state index is 0.0622. The molecule has 0 N–H and O–H groups in total. The summed E-state index contributed by atoms with van der Waals surface area (Å²) in [4.78, 5) is 11.7. The van der Waals surface area contributed by atoms with Crippen LogP contribution < -0.4 is 4.74 Å². The molecule has 2 aromatic rings. The van der Waals surface area contributed by atoms with Crippen molar-refractivity contribution < 1.29 is 13.9 Å². The van der Waals surface area contributed by atoms with Gasteiger partial charge in [0.2, 0.25) is 0 Å². The Morgan fingerprint density at radius 1 is 1.06 bits per heavy atom. The van der Waals surface area contributed by atoms with E-state index in [-0.39, 0.29) is 18.2 Å². The highest BCUT2D eigenvalue weighted by atomic mass is 79.9. The fourth-order valence-electron chi connectivity index (χ4n) is 1.40. The Bertz CT molecular complexity index is 535. The van der Waals surface area contributed by atoms with Crippen molar-refractivity contribution >= 4 is 21.7 Å². The maximum atomic E-state index is 12.7. The Kier molecular flexibility index (Phi) is 4.10. The standard InChI is InChI=1S/C14H10BrFO2/c15-11-3-7-13(8-4-11)18-9-14(17)10-1-5-12(16)6-2-10/h1-8H,9H2. The van der Waals surface area contributed by atoms with Crippen LogP contribution >= 0.6 is 15.9 Å². The van der Waals surface area contributed by atoms with Crippen LogP contribution in [0.15, 0.2) is 53.0 Å². The van der Waals surface area contributed by atoms with Crippen molar-refractivity contribution in [1.29, 1.82) is 0 Å². The maximum absolute atomic E-state index is 12.7. The van der Waals surface area contributed by atoms with E-state index in [1.165, 1.54) is 24.3 Å². The highest BCUT2D eigenvalue weighted by molar-refractivity contribution is 9.10. The summed E-state index contributed by atoms with van der Waals surface area (Å²) in [6.45, 7) is -0.0622. The molecule has 2 aromatic carbocycles. The molecule has 0 aliphatic carbocycles. The largest absolute Gasteiger partial charge is 0.485 e. The quantitative estimate of drug-likeness (QED) is 0.802. The van der Waals surface area contributed by atoms with Gasteiger partial charge in [0.05, 0.1) is 0 Å². The summed E-state index contributed by atoms with van der Waals surface area (Å²) in [5.41, 5.74) is 0.438. The molecule has 0 aliphatic rings. The van der Waals surface area contributed by atoms with Crippen molar-refractivity contribution in [1.82, 2.24) is 0 Å². The van der Waals surface area contributed by atoms with Gasteiger partial charge in [-0.25, -0.2) is 4.39 Å². The van der Waals surface area contributed by atoms with Crippen LogP contribution in [0, 0.1) is 5.82 Å². The zero-order valence-corrected chi connectivity index (χ0v) is 11.0. The third-order valence-corrected chi connectivity index (χ3v) is 2.88. The summed E-state index contributed by atoms with van der Waals surface area (Å²) in [6, 6.07) is 12.6. The van der Waals surface area contributed by atoms with Gasteiger partial charge < -0.3 is 4.74 Å². The van der Waals surface area contributed by atoms with E-state index in [0.29, 0.717) is 11.3 Å². The smallest absolute Gasteiger partial charge is 0.200 e. The van der Waals surface area contributed by atoms with Gasteiger partial charge in [0, 0.05) is 10.0 Å². The molecule has 4 heteroatoms. The third kappa shape index (κ3) is 3.40. The zero-order valence-electron chi connectivity index (χ0n) is 9.40. The molecule has 2 nitrogen and oxygen atoms in total. The highest BCUT2D eigenvalue weighted by Crippen LogP contribution is 2.16. The van der Waals surface area contributed by atoms with Gasteiger partial charge in [-0.2, -0.15) is 0 Å². The van der Waals surface area contributed by atoms with Crippen LogP contribution in [0.25, 0.3) is 0 Å². The predicted molar refractivity (Wildman–Crippen MR) is 70.4 cm³/mol. The molecule has 0 fully saturated rings. The molecule has 92 valence electrons. The molecule has 0 spiro atoms. The molecule has 0 atom stereocenters. The molecular weight excluding hydrogens is 299 g/mol. The van der Waals surface area contributed by atoms with E-state index in [2.05, 4.69) is 15.9 Å². The van der Waals surface area contributed by atoms with Crippen molar-refractivity contribution in [3.8, 4) is 5.75 Å². The molecule has 0 bridgehead atoms. The minimum atomic E-state index is -0.361. The number of carbonyl (C=O) groups is 1. The Morgan fingerprint density at radius 2 is 1.67 bits per heavy atom. The average Bonchev–Trinajstić information content (AvgIpc) is 2.38. The van der Waals surface area contributed by atoms with Crippen LogP contribution in [0.5, 0.6) is 5.75 Å². The van der Waals surface area contributed by atoms with E-state index in [9.17, 15) is 9.18 Å². The lowest BCUT2D eigenvalue weighted by Crippen LogP contribution is -2.11. The first-order valence-corrected chi connectivity index (χ1v) is 6.11. The van der Waals surface area contributed by atoms with Gasteiger partial charge >= 0.3 is 0 Å². The van der Waals surface area contributed by atoms with Crippen LogP contribution in [0.3, 0.4) is 0 Å². The summed E-state index contributed by atoms with van der Waals surface area (Å²) < 4.78 is 19.0. The van der Waals surface area contributed by atoms with E-state index in [1.807, 2.05) is 12.1 Å². The third-order valence-electron chi connectivity index (χ3n) is 2.35. The number of hydrogen-bond donors (Lipinski definition) is 0. The lowest BCUT2D eigenvalue weighted by Gasteiger charge is -2.05. The minimum Gasteiger partial charge on any atom is -0.485 e. The Balaban J connectivity index is 1.96. The number of benzene rings is 2. The molecule has 0 radical (unpaired) electrons. The van der Waals surface area contributed by atoms with Gasteiger partial charge in [-0.1, -0.05) is 15.9 Å². The average molecular weight is 309 g/mol.